The van der Waals surface area contributed by atoms with Crippen molar-refractivity contribution in [2.24, 2.45) is 7.05 Å². The van der Waals surface area contributed by atoms with E-state index in [-0.39, 0.29) is 12.1 Å². The van der Waals surface area contributed by atoms with Crippen molar-refractivity contribution >= 4 is 28.0 Å². The van der Waals surface area contributed by atoms with Gasteiger partial charge in [-0.3, -0.25) is 14.1 Å². The van der Waals surface area contributed by atoms with Crippen LogP contribution in [0.15, 0.2) is 23.8 Å². The van der Waals surface area contributed by atoms with Crippen LogP contribution in [0.2, 0.25) is 0 Å². The van der Waals surface area contributed by atoms with Gasteiger partial charge in [-0.2, -0.15) is 5.10 Å². The standard InChI is InChI=1S/C14H20N4OS2/c1-18-7-11(6-15-18)10-4-14(20-9-10)13-5-12(8-19)16-21(2,3)17-13/h4,6-9,12-13,16-17H,5H2,1-3H3. The Morgan fingerprint density at radius 1 is 1.43 bits per heavy atom. The quantitative estimate of drug-likeness (QED) is 0.850. The Morgan fingerprint density at radius 3 is 2.90 bits per heavy atom. The normalized spacial score (nSPS) is 26.4. The molecule has 0 aromatic carbocycles. The maximum Gasteiger partial charge on any atom is 0.137 e. The highest BCUT2D eigenvalue weighted by molar-refractivity contribution is 8.29. The summed E-state index contributed by atoms with van der Waals surface area (Å²) in [5.74, 6) is 0. The Morgan fingerprint density at radius 2 is 2.24 bits per heavy atom. The zero-order chi connectivity index (χ0) is 15.0. The average molecular weight is 324 g/mol. The molecule has 114 valence electrons. The van der Waals surface area contributed by atoms with Crippen molar-refractivity contribution < 1.29 is 4.79 Å². The SMILES string of the molecule is Cn1cc(-c2csc(C3CC(C=O)NS(C)(C)N3)c2)cn1. The number of aromatic nitrogens is 2. The summed E-state index contributed by atoms with van der Waals surface area (Å²) in [4.78, 5) is 12.4. The number of hydrogen-bond donors (Lipinski definition) is 2. The average Bonchev–Trinajstić information content (AvgIpc) is 3.05. The second kappa shape index (κ2) is 5.57. The minimum absolute atomic E-state index is 0.0646. The summed E-state index contributed by atoms with van der Waals surface area (Å²) in [5.41, 5.74) is 2.33. The van der Waals surface area contributed by atoms with Crippen LogP contribution in [-0.4, -0.2) is 34.6 Å². The fraction of sp³-hybridized carbons (Fsp3) is 0.429. The van der Waals surface area contributed by atoms with Crippen LogP contribution >= 0.6 is 21.7 Å². The summed E-state index contributed by atoms with van der Waals surface area (Å²) < 4.78 is 8.84. The summed E-state index contributed by atoms with van der Waals surface area (Å²) in [5, 5.41) is 6.38. The first kappa shape index (κ1) is 14.8. The van der Waals surface area contributed by atoms with E-state index in [1.165, 1.54) is 10.4 Å². The topological polar surface area (TPSA) is 59.0 Å². The van der Waals surface area contributed by atoms with Crippen LogP contribution in [0.5, 0.6) is 0 Å². The van der Waals surface area contributed by atoms with Gasteiger partial charge in [0.15, 0.2) is 0 Å². The smallest absolute Gasteiger partial charge is 0.137 e. The number of rotatable bonds is 3. The van der Waals surface area contributed by atoms with E-state index in [9.17, 15) is 4.79 Å². The van der Waals surface area contributed by atoms with E-state index in [1.54, 1.807) is 11.3 Å². The van der Waals surface area contributed by atoms with Gasteiger partial charge < -0.3 is 4.79 Å². The molecule has 1 saturated heterocycles. The van der Waals surface area contributed by atoms with Crippen LogP contribution in [0, 0.1) is 0 Å². The van der Waals surface area contributed by atoms with Crippen molar-refractivity contribution in [1.29, 1.82) is 0 Å². The zero-order valence-electron chi connectivity index (χ0n) is 12.4. The van der Waals surface area contributed by atoms with E-state index in [0.717, 1.165) is 18.3 Å². The highest BCUT2D eigenvalue weighted by Gasteiger charge is 2.31. The lowest BCUT2D eigenvalue weighted by molar-refractivity contribution is -0.109. The Kier molecular flexibility index (Phi) is 3.92. The molecule has 2 N–H and O–H groups in total. The van der Waals surface area contributed by atoms with E-state index in [0.29, 0.717) is 0 Å². The fourth-order valence-corrected chi connectivity index (χ4v) is 5.60. The Hall–Kier alpha value is -1.15. The third-order valence-corrected chi connectivity index (χ3v) is 6.35. The first-order valence-corrected chi connectivity index (χ1v) is 10.1. The van der Waals surface area contributed by atoms with Crippen LogP contribution in [0.25, 0.3) is 11.1 Å². The Labute approximate surface area is 130 Å². The Balaban J connectivity index is 1.83. The number of hydrogen-bond acceptors (Lipinski definition) is 5. The number of thiophene rings is 1. The molecule has 7 heteroatoms. The molecular formula is C14H20N4OS2. The van der Waals surface area contributed by atoms with Gasteiger partial charge in [-0.1, -0.05) is 0 Å². The molecule has 0 bridgehead atoms. The number of carbonyl (C=O) groups excluding carboxylic acids is 1. The van der Waals surface area contributed by atoms with Gasteiger partial charge in [-0.25, -0.2) is 0 Å². The maximum absolute atomic E-state index is 11.2. The van der Waals surface area contributed by atoms with Crippen molar-refractivity contribution in [3.63, 3.8) is 0 Å². The number of aryl methyl sites for hydroxylation is 1. The predicted octanol–water partition coefficient (Wildman–Crippen LogP) is 2.23. The molecule has 5 nitrogen and oxygen atoms in total. The van der Waals surface area contributed by atoms with Gasteiger partial charge in [0, 0.05) is 23.7 Å². The molecule has 2 unspecified atom stereocenters. The molecule has 2 aromatic rings. The van der Waals surface area contributed by atoms with E-state index in [4.69, 9.17) is 0 Å². The lowest BCUT2D eigenvalue weighted by atomic mass is 10.1. The molecule has 0 saturated carbocycles. The summed E-state index contributed by atoms with van der Waals surface area (Å²) >= 11 is 1.74. The van der Waals surface area contributed by atoms with Crippen LogP contribution < -0.4 is 9.44 Å². The summed E-state index contributed by atoms with van der Waals surface area (Å²) in [6.07, 6.45) is 10.0. The molecule has 2 aromatic heterocycles. The first-order valence-electron chi connectivity index (χ1n) is 6.77. The van der Waals surface area contributed by atoms with Crippen molar-refractivity contribution in [3.8, 4) is 11.1 Å². The van der Waals surface area contributed by atoms with Gasteiger partial charge in [0.05, 0.1) is 18.3 Å². The van der Waals surface area contributed by atoms with Gasteiger partial charge in [0.2, 0.25) is 0 Å². The molecule has 0 spiro atoms. The second-order valence-corrected chi connectivity index (χ2v) is 9.80. The lowest BCUT2D eigenvalue weighted by Gasteiger charge is -2.44. The minimum atomic E-state index is -1.13. The number of aldehydes is 1. The minimum Gasteiger partial charge on any atom is -0.302 e. The van der Waals surface area contributed by atoms with Crippen molar-refractivity contribution in [2.75, 3.05) is 12.5 Å². The molecule has 3 rings (SSSR count). The molecular weight excluding hydrogens is 304 g/mol. The highest BCUT2D eigenvalue weighted by atomic mass is 32.3. The molecule has 0 radical (unpaired) electrons. The molecule has 2 atom stereocenters. The van der Waals surface area contributed by atoms with Gasteiger partial charge in [-0.15, -0.1) is 21.7 Å². The van der Waals surface area contributed by atoms with E-state index in [1.807, 2.05) is 24.1 Å². The second-order valence-electron chi connectivity index (χ2n) is 5.73. The largest absolute Gasteiger partial charge is 0.302 e. The van der Waals surface area contributed by atoms with Crippen LogP contribution in [0.3, 0.4) is 0 Å². The molecule has 3 heterocycles. The van der Waals surface area contributed by atoms with E-state index in [2.05, 4.69) is 38.5 Å². The monoisotopic (exact) mass is 324 g/mol. The maximum atomic E-state index is 11.2. The van der Waals surface area contributed by atoms with E-state index < -0.39 is 10.4 Å². The molecule has 1 aliphatic heterocycles. The van der Waals surface area contributed by atoms with E-state index >= 15 is 0 Å². The van der Waals surface area contributed by atoms with Gasteiger partial charge in [0.25, 0.3) is 0 Å². The molecule has 1 aliphatic rings. The fourth-order valence-electron chi connectivity index (χ4n) is 2.63. The third kappa shape index (κ3) is 3.21. The summed E-state index contributed by atoms with van der Waals surface area (Å²) in [6.45, 7) is 0. The van der Waals surface area contributed by atoms with Gasteiger partial charge in [-0.05, 0) is 35.9 Å². The van der Waals surface area contributed by atoms with Crippen LogP contribution in [0.1, 0.15) is 17.3 Å². The predicted molar refractivity (Wildman–Crippen MR) is 89.4 cm³/mol. The van der Waals surface area contributed by atoms with Gasteiger partial charge in [0.1, 0.15) is 6.29 Å². The number of nitrogens with zero attached hydrogens (tertiary/aromatic N) is 2. The summed E-state index contributed by atoms with van der Waals surface area (Å²) in [7, 11) is 0.789. The Bertz CT molecular complexity index is 649. The van der Waals surface area contributed by atoms with Gasteiger partial charge >= 0.3 is 0 Å². The van der Waals surface area contributed by atoms with Crippen LogP contribution in [0.4, 0.5) is 0 Å². The third-order valence-electron chi connectivity index (χ3n) is 3.54. The first-order chi connectivity index (χ1) is 9.97. The zero-order valence-corrected chi connectivity index (χ0v) is 14.0. The number of carbonyl (C=O) groups is 1. The van der Waals surface area contributed by atoms with Crippen molar-refractivity contribution in [3.05, 3.63) is 28.7 Å². The number of nitrogens with one attached hydrogen (secondary N) is 2. The lowest BCUT2D eigenvalue weighted by Crippen LogP contribution is -2.47. The molecule has 0 amide bonds. The highest BCUT2D eigenvalue weighted by Crippen LogP contribution is 2.42. The van der Waals surface area contributed by atoms with Crippen molar-refractivity contribution in [1.82, 2.24) is 19.2 Å². The van der Waals surface area contributed by atoms with Crippen molar-refractivity contribution in [2.45, 2.75) is 18.5 Å². The molecule has 21 heavy (non-hydrogen) atoms. The summed E-state index contributed by atoms with van der Waals surface area (Å²) in [6, 6.07) is 2.38. The molecule has 0 aliphatic carbocycles. The van der Waals surface area contributed by atoms with Crippen LogP contribution in [-0.2, 0) is 11.8 Å². The molecule has 1 fully saturated rings.